The van der Waals surface area contributed by atoms with Crippen molar-refractivity contribution in [3.8, 4) is 0 Å². The lowest BCUT2D eigenvalue weighted by molar-refractivity contribution is -0.125. The van der Waals surface area contributed by atoms with Crippen molar-refractivity contribution in [3.63, 3.8) is 0 Å². The van der Waals surface area contributed by atoms with E-state index in [1.165, 1.54) is 0 Å². The molecule has 2 heterocycles. The molecule has 0 radical (unpaired) electrons. The van der Waals surface area contributed by atoms with Crippen LogP contribution in [0.1, 0.15) is 6.42 Å². The topological polar surface area (TPSA) is 85.1 Å². The largest absolute Gasteiger partial charge is 0.439 e. The number of hydrogen-bond donors (Lipinski definition) is 1. The molecule has 3 aliphatic rings. The Bertz CT molecular complexity index is 632. The molecule has 7 nitrogen and oxygen atoms in total. The molecule has 2 aliphatic heterocycles. The highest BCUT2D eigenvalue weighted by molar-refractivity contribution is 5.96. The highest BCUT2D eigenvalue weighted by Gasteiger charge is 2.62. The van der Waals surface area contributed by atoms with E-state index in [0.717, 1.165) is 17.8 Å². The van der Waals surface area contributed by atoms with E-state index in [0.29, 0.717) is 19.7 Å². The summed E-state index contributed by atoms with van der Waals surface area (Å²) in [4.78, 5) is 27.1. The molecule has 1 spiro atoms. The van der Waals surface area contributed by atoms with Gasteiger partial charge in [-0.15, -0.1) is 0 Å². The van der Waals surface area contributed by atoms with E-state index in [1.54, 1.807) is 9.80 Å². The molecule has 1 aromatic carbocycles. The zero-order chi connectivity index (χ0) is 15.3. The minimum Gasteiger partial charge on any atom is -0.439 e. The molecule has 2 amide bonds. The summed E-state index contributed by atoms with van der Waals surface area (Å²) in [5.41, 5.74) is 6.91. The molecular formula is C15H17N3O4. The van der Waals surface area contributed by atoms with Crippen LogP contribution in [-0.2, 0) is 14.3 Å². The summed E-state index contributed by atoms with van der Waals surface area (Å²) in [7, 11) is 0. The molecule has 3 fully saturated rings. The van der Waals surface area contributed by atoms with Gasteiger partial charge in [0.2, 0.25) is 0 Å². The molecule has 0 aromatic heterocycles. The van der Waals surface area contributed by atoms with Crippen molar-refractivity contribution in [2.24, 2.45) is 5.73 Å². The van der Waals surface area contributed by atoms with E-state index in [4.69, 9.17) is 15.2 Å². The summed E-state index contributed by atoms with van der Waals surface area (Å²) in [6.45, 7) is 1.68. The molecule has 1 saturated carbocycles. The van der Waals surface area contributed by atoms with Crippen LogP contribution in [0.15, 0.2) is 24.3 Å². The van der Waals surface area contributed by atoms with Crippen molar-refractivity contribution >= 4 is 23.4 Å². The Labute approximate surface area is 127 Å². The number of hydrogen-bond acceptors (Lipinski definition) is 5. The van der Waals surface area contributed by atoms with Gasteiger partial charge in [0.05, 0.1) is 19.2 Å². The van der Waals surface area contributed by atoms with Gasteiger partial charge < -0.3 is 20.1 Å². The van der Waals surface area contributed by atoms with Crippen molar-refractivity contribution in [2.75, 3.05) is 36.1 Å². The van der Waals surface area contributed by atoms with Crippen LogP contribution in [0.5, 0.6) is 0 Å². The monoisotopic (exact) mass is 303 g/mol. The molecule has 22 heavy (non-hydrogen) atoms. The van der Waals surface area contributed by atoms with Crippen LogP contribution in [0.2, 0.25) is 0 Å². The standard InChI is InChI=1S/C15H17N3O4/c16-12-7-15(12)9-18(14(20)22-15)11-3-1-10(2-4-11)17-5-6-21-8-13(17)19/h1-4,12H,5-9,16H2/t12-,15?/m0/s1. The van der Waals surface area contributed by atoms with Gasteiger partial charge in [-0.3, -0.25) is 9.69 Å². The normalized spacial score (nSPS) is 30.9. The number of rotatable bonds is 2. The van der Waals surface area contributed by atoms with Gasteiger partial charge in [-0.1, -0.05) is 0 Å². The van der Waals surface area contributed by atoms with Gasteiger partial charge in [0.1, 0.15) is 12.2 Å². The summed E-state index contributed by atoms with van der Waals surface area (Å²) < 4.78 is 10.5. The fourth-order valence-corrected chi connectivity index (χ4v) is 3.01. The Kier molecular flexibility index (Phi) is 2.88. The van der Waals surface area contributed by atoms with Gasteiger partial charge >= 0.3 is 6.09 Å². The highest BCUT2D eigenvalue weighted by atomic mass is 16.6. The SMILES string of the molecule is N[C@H]1CC12CN(c1ccc(N3CCOCC3=O)cc1)C(=O)O2. The van der Waals surface area contributed by atoms with Crippen molar-refractivity contribution in [2.45, 2.75) is 18.1 Å². The fraction of sp³-hybridized carbons (Fsp3) is 0.467. The zero-order valence-corrected chi connectivity index (χ0v) is 12.0. The number of nitrogens with two attached hydrogens (primary N) is 1. The molecule has 116 valence electrons. The van der Waals surface area contributed by atoms with Gasteiger partial charge in [0, 0.05) is 24.3 Å². The fourth-order valence-electron chi connectivity index (χ4n) is 3.01. The van der Waals surface area contributed by atoms with Crippen LogP contribution < -0.4 is 15.5 Å². The molecule has 2 saturated heterocycles. The summed E-state index contributed by atoms with van der Waals surface area (Å²) >= 11 is 0. The first-order valence-corrected chi connectivity index (χ1v) is 7.33. The number of nitrogens with zero attached hydrogens (tertiary/aromatic N) is 2. The minimum atomic E-state index is -0.490. The predicted molar refractivity (Wildman–Crippen MR) is 78.8 cm³/mol. The first-order chi connectivity index (χ1) is 10.6. The summed E-state index contributed by atoms with van der Waals surface area (Å²) in [6.07, 6.45) is 0.360. The van der Waals surface area contributed by atoms with E-state index >= 15 is 0 Å². The Morgan fingerprint density at radius 1 is 1.14 bits per heavy atom. The quantitative estimate of drug-likeness (QED) is 0.859. The first kappa shape index (κ1) is 13.5. The summed E-state index contributed by atoms with van der Waals surface area (Å²) in [5, 5.41) is 0. The maximum absolute atomic E-state index is 12.0. The van der Waals surface area contributed by atoms with Crippen LogP contribution in [0.4, 0.5) is 16.2 Å². The summed E-state index contributed by atoms with van der Waals surface area (Å²) in [6, 6.07) is 7.26. The Balaban J connectivity index is 1.52. The number of benzene rings is 1. The van der Waals surface area contributed by atoms with Gasteiger partial charge in [-0.05, 0) is 24.3 Å². The van der Waals surface area contributed by atoms with Crippen LogP contribution in [-0.4, -0.2) is 49.9 Å². The van der Waals surface area contributed by atoms with Gasteiger partial charge in [0.15, 0.2) is 0 Å². The smallest absolute Gasteiger partial charge is 0.415 e. The second-order valence-corrected chi connectivity index (χ2v) is 5.94. The Hall–Kier alpha value is -2.12. The van der Waals surface area contributed by atoms with Crippen molar-refractivity contribution in [1.82, 2.24) is 0 Å². The zero-order valence-electron chi connectivity index (χ0n) is 12.0. The van der Waals surface area contributed by atoms with E-state index in [-0.39, 0.29) is 24.6 Å². The van der Waals surface area contributed by atoms with Crippen LogP contribution in [0.25, 0.3) is 0 Å². The molecule has 1 aromatic rings. The van der Waals surface area contributed by atoms with Crippen LogP contribution in [0.3, 0.4) is 0 Å². The maximum Gasteiger partial charge on any atom is 0.415 e. The number of amides is 2. The molecule has 7 heteroatoms. The minimum absolute atomic E-state index is 0.0533. The molecule has 2 N–H and O–H groups in total. The molecule has 1 unspecified atom stereocenters. The second kappa shape index (κ2) is 4.69. The van der Waals surface area contributed by atoms with Crippen LogP contribution in [0, 0.1) is 0 Å². The Morgan fingerprint density at radius 3 is 2.32 bits per heavy atom. The molecule has 1 aliphatic carbocycles. The lowest BCUT2D eigenvalue weighted by Crippen LogP contribution is -2.41. The molecule has 0 bridgehead atoms. The van der Waals surface area contributed by atoms with Gasteiger partial charge in [-0.25, -0.2) is 4.79 Å². The van der Waals surface area contributed by atoms with E-state index < -0.39 is 5.60 Å². The molecular weight excluding hydrogens is 286 g/mol. The lowest BCUT2D eigenvalue weighted by Gasteiger charge is -2.27. The molecule has 4 rings (SSSR count). The van der Waals surface area contributed by atoms with Crippen molar-refractivity contribution in [1.29, 1.82) is 0 Å². The van der Waals surface area contributed by atoms with Gasteiger partial charge in [0.25, 0.3) is 5.91 Å². The Morgan fingerprint density at radius 2 is 1.77 bits per heavy atom. The van der Waals surface area contributed by atoms with Crippen molar-refractivity contribution in [3.05, 3.63) is 24.3 Å². The number of morpholine rings is 1. The van der Waals surface area contributed by atoms with Crippen molar-refractivity contribution < 1.29 is 19.1 Å². The van der Waals surface area contributed by atoms with E-state index in [2.05, 4.69) is 0 Å². The highest BCUT2D eigenvalue weighted by Crippen LogP contribution is 2.44. The van der Waals surface area contributed by atoms with Gasteiger partial charge in [-0.2, -0.15) is 0 Å². The first-order valence-electron chi connectivity index (χ1n) is 7.33. The summed E-state index contributed by atoms with van der Waals surface area (Å²) in [5.74, 6) is -0.0533. The number of ether oxygens (including phenoxy) is 2. The maximum atomic E-state index is 12.0. The number of carbonyl (C=O) groups is 2. The average Bonchev–Trinajstić information content (AvgIpc) is 3.00. The third kappa shape index (κ3) is 2.05. The lowest BCUT2D eigenvalue weighted by atomic mass is 10.2. The predicted octanol–water partition coefficient (Wildman–Crippen LogP) is 0.476. The third-order valence-corrected chi connectivity index (χ3v) is 4.48. The van der Waals surface area contributed by atoms with E-state index in [1.807, 2.05) is 24.3 Å². The molecule has 2 atom stereocenters. The van der Waals surface area contributed by atoms with E-state index in [9.17, 15) is 9.59 Å². The number of anilines is 2. The number of carbonyl (C=O) groups excluding carboxylic acids is 2. The average molecular weight is 303 g/mol. The van der Waals surface area contributed by atoms with Crippen LogP contribution >= 0.6 is 0 Å². The third-order valence-electron chi connectivity index (χ3n) is 4.48. The second-order valence-electron chi connectivity index (χ2n) is 5.94.